The summed E-state index contributed by atoms with van der Waals surface area (Å²) in [5.74, 6) is 0.587. The van der Waals surface area contributed by atoms with Gasteiger partial charge in [-0.3, -0.25) is 0 Å². The van der Waals surface area contributed by atoms with E-state index in [1.54, 1.807) is 0 Å². The van der Waals surface area contributed by atoms with E-state index < -0.39 is 0 Å². The van der Waals surface area contributed by atoms with Gasteiger partial charge in [0.15, 0.2) is 5.54 Å². The van der Waals surface area contributed by atoms with Gasteiger partial charge in [-0.1, -0.05) is 18.5 Å². The van der Waals surface area contributed by atoms with Crippen LogP contribution in [0.4, 0.5) is 0 Å². The first-order chi connectivity index (χ1) is 4.55. The van der Waals surface area contributed by atoms with Crippen molar-refractivity contribution in [1.82, 2.24) is 0 Å². The highest BCUT2D eigenvalue weighted by Crippen LogP contribution is 2.17. The first-order valence-corrected chi connectivity index (χ1v) is 4.50. The second-order valence-electron chi connectivity index (χ2n) is 3.41. The van der Waals surface area contributed by atoms with Crippen molar-refractivity contribution in [3.05, 3.63) is 0 Å². The Balaban J connectivity index is 2.75. The van der Waals surface area contributed by atoms with Crippen LogP contribution in [0.5, 0.6) is 0 Å². The smallest absolute Gasteiger partial charge is 0.238 e. The maximum Gasteiger partial charge on any atom is 0.679 e. The first kappa shape index (κ1) is 7.72. The summed E-state index contributed by atoms with van der Waals surface area (Å²) in [6, 6.07) is 0. The fourth-order valence-electron chi connectivity index (χ4n) is 0.572. The van der Waals surface area contributed by atoms with Crippen LogP contribution < -0.4 is 4.39 Å². The predicted molar refractivity (Wildman–Crippen MR) is 38.1 cm³/mol. The molecule has 0 fully saturated rings. The first-order valence-electron chi connectivity index (χ1n) is 3.51. The normalized spacial score (nSPS) is 12.9. The highest BCUT2D eigenvalue weighted by atomic mass is 28.2. The van der Waals surface area contributed by atoms with Gasteiger partial charge in [0.2, 0.25) is 0 Å². The van der Waals surface area contributed by atoms with Gasteiger partial charge in [-0.25, -0.2) is 4.26 Å². The van der Waals surface area contributed by atoms with Gasteiger partial charge >= 0.3 is 9.55 Å². The second-order valence-corrected chi connectivity index (χ2v) is 4.28. The molecule has 1 aromatic rings. The molecule has 0 saturated carbocycles. The van der Waals surface area contributed by atoms with Crippen molar-refractivity contribution < 1.29 is 13.3 Å². The monoisotopic (exact) mass is 160 g/mol. The third-order valence-corrected chi connectivity index (χ3v) is 3.36. The number of rotatable bonds is 2. The molecule has 4 heteroatoms. The van der Waals surface area contributed by atoms with Gasteiger partial charge in [-0.15, -0.1) is 0 Å². The van der Waals surface area contributed by atoms with Gasteiger partial charge in [-0.2, -0.15) is 0 Å². The predicted octanol–water partition coefficient (Wildman–Crippen LogP) is 0.622. The van der Waals surface area contributed by atoms with Gasteiger partial charge < -0.3 is 0 Å². The van der Waals surface area contributed by atoms with Crippen LogP contribution in [0.15, 0.2) is 8.94 Å². The van der Waals surface area contributed by atoms with E-state index in [0.717, 1.165) is 0 Å². The SMILES string of the molecule is CC(C)C(C)(C)[n+]1oo[siH]1. The molecule has 0 spiro atoms. The molecule has 0 atom stereocenters. The van der Waals surface area contributed by atoms with E-state index in [0.29, 0.717) is 5.92 Å². The number of hydrogen-bond acceptors (Lipinski definition) is 2. The van der Waals surface area contributed by atoms with Crippen LogP contribution in [-0.4, -0.2) is 9.55 Å². The summed E-state index contributed by atoms with van der Waals surface area (Å²) in [6.07, 6.45) is 0. The van der Waals surface area contributed by atoms with E-state index >= 15 is 0 Å². The van der Waals surface area contributed by atoms with Crippen LogP contribution in [0.3, 0.4) is 0 Å². The van der Waals surface area contributed by atoms with Crippen molar-refractivity contribution in [2.45, 2.75) is 33.2 Å². The van der Waals surface area contributed by atoms with Crippen molar-refractivity contribution in [1.29, 1.82) is 0 Å². The van der Waals surface area contributed by atoms with Gasteiger partial charge in [-0.05, 0) is 4.39 Å². The zero-order valence-corrected chi connectivity index (χ0v) is 8.07. The highest BCUT2D eigenvalue weighted by Gasteiger charge is 2.37. The van der Waals surface area contributed by atoms with Crippen LogP contribution in [0.2, 0.25) is 0 Å². The third-order valence-electron chi connectivity index (χ3n) is 2.24. The molecule has 0 N–H and O–H groups in total. The molecule has 0 amide bonds. The number of hydrogen-bond donors (Lipinski definition) is 0. The summed E-state index contributed by atoms with van der Waals surface area (Å²) in [6.45, 7) is 8.68. The Morgan fingerprint density at radius 3 is 2.00 bits per heavy atom. The Bertz CT molecular complexity index is 193. The zero-order valence-electron chi connectivity index (χ0n) is 6.92. The fourth-order valence-corrected chi connectivity index (χ4v) is 1.31. The van der Waals surface area contributed by atoms with Gasteiger partial charge in [0, 0.05) is 19.8 Å². The van der Waals surface area contributed by atoms with Crippen LogP contribution in [0.1, 0.15) is 27.7 Å². The molecule has 0 aromatic carbocycles. The van der Waals surface area contributed by atoms with Gasteiger partial charge in [0.1, 0.15) is 0 Å². The minimum absolute atomic E-state index is 0.0748. The molecular formula is C6H14NO2Si+. The van der Waals surface area contributed by atoms with Crippen molar-refractivity contribution in [2.75, 3.05) is 0 Å². The minimum atomic E-state index is -0.0748. The number of aromatic nitrogens is 1. The lowest BCUT2D eigenvalue weighted by molar-refractivity contribution is -0.935. The molecule has 3 nitrogen and oxygen atoms in total. The summed E-state index contributed by atoms with van der Waals surface area (Å²) in [5, 5.41) is 0. The molecule has 58 valence electrons. The molecule has 1 aromatic heterocycles. The Kier molecular flexibility index (Phi) is 1.81. The van der Waals surface area contributed by atoms with E-state index in [1.807, 2.05) is 4.39 Å². The minimum Gasteiger partial charge on any atom is -0.238 e. The summed E-state index contributed by atoms with van der Waals surface area (Å²) < 4.78 is 11.4. The fraction of sp³-hybridized carbons (Fsp3) is 1.00. The second kappa shape index (κ2) is 2.34. The number of nitrogens with zero attached hydrogens (tertiary/aromatic N) is 1. The molecule has 0 aliphatic carbocycles. The molecule has 0 saturated heterocycles. The molecule has 1 rings (SSSR count). The van der Waals surface area contributed by atoms with Crippen LogP contribution in [0.25, 0.3) is 0 Å². The van der Waals surface area contributed by atoms with E-state index in [1.165, 1.54) is 0 Å². The topological polar surface area (TPSA) is 30.2 Å². The standard InChI is InChI=1S/C6H14NO2Si/c1-5(2)6(3,4)7-8-9-10-7/h5,10H,1-4H3/q+1. The Morgan fingerprint density at radius 1 is 1.40 bits per heavy atom. The summed E-state index contributed by atoms with van der Waals surface area (Å²) in [4.78, 5) is 0. The maximum absolute atomic E-state index is 4.83. The maximum atomic E-state index is 4.83. The van der Waals surface area contributed by atoms with Gasteiger partial charge in [0.25, 0.3) is 0 Å². The lowest BCUT2D eigenvalue weighted by Gasteiger charge is -2.19. The van der Waals surface area contributed by atoms with E-state index in [9.17, 15) is 0 Å². The average Bonchev–Trinajstić information content (AvgIpc) is 1.57. The van der Waals surface area contributed by atoms with E-state index in [2.05, 4.69) is 32.0 Å². The van der Waals surface area contributed by atoms with Crippen molar-refractivity contribution in [2.24, 2.45) is 5.92 Å². The van der Waals surface area contributed by atoms with Crippen molar-refractivity contribution >= 4 is 9.55 Å². The molecule has 0 aliphatic heterocycles. The molecule has 10 heavy (non-hydrogen) atoms. The zero-order chi connectivity index (χ0) is 7.78. The quantitative estimate of drug-likeness (QED) is 0.469. The molecule has 0 radical (unpaired) electrons. The Morgan fingerprint density at radius 2 is 1.90 bits per heavy atom. The highest BCUT2D eigenvalue weighted by molar-refractivity contribution is 6.02. The van der Waals surface area contributed by atoms with Crippen LogP contribution >= 0.6 is 0 Å². The van der Waals surface area contributed by atoms with Crippen LogP contribution in [0, 0.1) is 5.92 Å². The largest absolute Gasteiger partial charge is 0.679 e. The van der Waals surface area contributed by atoms with E-state index in [-0.39, 0.29) is 15.1 Å². The van der Waals surface area contributed by atoms with Crippen molar-refractivity contribution in [3.8, 4) is 0 Å². The average molecular weight is 160 g/mol. The molecule has 0 aliphatic rings. The molecule has 0 bridgehead atoms. The summed E-state index contributed by atoms with van der Waals surface area (Å²) in [7, 11) is -0.0748. The Labute approximate surface area is 62.9 Å². The lowest BCUT2D eigenvalue weighted by atomic mass is 9.92. The third kappa shape index (κ3) is 1.07. The molecular weight excluding hydrogens is 146 g/mol. The van der Waals surface area contributed by atoms with Crippen molar-refractivity contribution in [3.63, 3.8) is 0 Å². The molecule has 0 unspecified atom stereocenters. The van der Waals surface area contributed by atoms with Gasteiger partial charge in [0.05, 0.1) is 0 Å². The summed E-state index contributed by atoms with van der Waals surface area (Å²) >= 11 is 0. The lowest BCUT2D eigenvalue weighted by Crippen LogP contribution is -2.60. The Hall–Kier alpha value is -0.383. The van der Waals surface area contributed by atoms with E-state index in [4.69, 9.17) is 4.68 Å². The van der Waals surface area contributed by atoms with Crippen LogP contribution in [-0.2, 0) is 5.54 Å². The molecule has 1 heterocycles. The summed E-state index contributed by atoms with van der Waals surface area (Å²) in [5.41, 5.74) is 0.119.